The Hall–Kier alpha value is -0.140. The molecule has 0 nitrogen and oxygen atoms in total. The Bertz CT molecular complexity index is 179. The molecule has 1 aliphatic carbocycles. The second-order valence-electron chi connectivity index (χ2n) is 5.36. The van der Waals surface area contributed by atoms with Gasteiger partial charge in [-0.25, -0.2) is 8.78 Å². The van der Waals surface area contributed by atoms with Crippen LogP contribution in [0, 0.1) is 11.8 Å². The third kappa shape index (κ3) is 4.39. The molecular weight excluding hydrogens is 206 g/mol. The smallest absolute Gasteiger partial charge is 0.207 e. The van der Waals surface area contributed by atoms with Crippen molar-refractivity contribution in [3.63, 3.8) is 0 Å². The lowest BCUT2D eigenvalue weighted by Gasteiger charge is -2.33. The predicted octanol–water partition coefficient (Wildman–Crippen LogP) is 5.42. The second-order valence-corrected chi connectivity index (χ2v) is 5.36. The number of unbranched alkanes of at least 4 members (excludes halogenated alkanes) is 2. The molecule has 1 rings (SSSR count). The molecule has 0 bridgehead atoms. The average Bonchev–Trinajstić information content (AvgIpc) is 2.25. The molecule has 0 radical (unpaired) electrons. The summed E-state index contributed by atoms with van der Waals surface area (Å²) in [6, 6.07) is 0. The number of alkyl halides is 2. The van der Waals surface area contributed by atoms with Crippen molar-refractivity contribution < 1.29 is 8.78 Å². The van der Waals surface area contributed by atoms with Crippen LogP contribution in [0.3, 0.4) is 0 Å². The Kier molecular flexibility index (Phi) is 5.71. The lowest BCUT2D eigenvalue weighted by molar-refractivity contribution is -0.0530. The van der Waals surface area contributed by atoms with Gasteiger partial charge in [0.25, 0.3) is 0 Å². The summed E-state index contributed by atoms with van der Waals surface area (Å²) >= 11 is 0. The topological polar surface area (TPSA) is 0 Å². The van der Waals surface area contributed by atoms with Crippen molar-refractivity contribution in [3.05, 3.63) is 0 Å². The molecule has 0 spiro atoms. The van der Waals surface area contributed by atoms with E-state index in [0.717, 1.165) is 12.8 Å². The molecule has 0 aromatic heterocycles. The Balaban J connectivity index is 2.31. The van der Waals surface area contributed by atoms with E-state index in [1.165, 1.54) is 32.1 Å². The van der Waals surface area contributed by atoms with Crippen LogP contribution >= 0.6 is 0 Å². The Labute approximate surface area is 98.8 Å². The molecular formula is C14H26F2. The number of hydrogen-bond donors (Lipinski definition) is 0. The molecule has 1 unspecified atom stereocenters. The zero-order valence-electron chi connectivity index (χ0n) is 10.8. The maximum absolute atomic E-state index is 13.1. The molecule has 1 aliphatic rings. The van der Waals surface area contributed by atoms with Crippen LogP contribution in [0.15, 0.2) is 0 Å². The van der Waals surface area contributed by atoms with E-state index in [-0.39, 0.29) is 12.8 Å². The van der Waals surface area contributed by atoms with Crippen molar-refractivity contribution in [2.24, 2.45) is 11.8 Å². The summed E-state index contributed by atoms with van der Waals surface area (Å²) in [7, 11) is 0. The van der Waals surface area contributed by atoms with Crippen LogP contribution < -0.4 is 0 Å². The SMILES string of the molecule is CCCCCC(CC)C1CCC(F)(F)CC1. The van der Waals surface area contributed by atoms with E-state index < -0.39 is 5.92 Å². The van der Waals surface area contributed by atoms with Crippen LogP contribution in [0.5, 0.6) is 0 Å². The molecule has 0 saturated heterocycles. The van der Waals surface area contributed by atoms with E-state index in [9.17, 15) is 8.78 Å². The van der Waals surface area contributed by atoms with Gasteiger partial charge in [0, 0.05) is 12.8 Å². The summed E-state index contributed by atoms with van der Waals surface area (Å²) < 4.78 is 26.1. The Morgan fingerprint density at radius 1 is 1.12 bits per heavy atom. The van der Waals surface area contributed by atoms with Crippen LogP contribution in [0.2, 0.25) is 0 Å². The summed E-state index contributed by atoms with van der Waals surface area (Å²) in [6.45, 7) is 4.42. The van der Waals surface area contributed by atoms with Gasteiger partial charge in [-0.1, -0.05) is 46.0 Å². The summed E-state index contributed by atoms with van der Waals surface area (Å²) in [6.07, 6.45) is 7.99. The standard InChI is InChI=1S/C14H26F2/c1-3-5-6-7-12(4-2)13-8-10-14(15,16)11-9-13/h12-13H,3-11H2,1-2H3. The largest absolute Gasteiger partial charge is 0.248 e. The molecule has 96 valence electrons. The molecule has 2 heteroatoms. The normalized spacial score (nSPS) is 23.2. The summed E-state index contributed by atoms with van der Waals surface area (Å²) in [4.78, 5) is 0. The first kappa shape index (κ1) is 13.9. The highest BCUT2D eigenvalue weighted by Gasteiger charge is 2.36. The van der Waals surface area contributed by atoms with Crippen molar-refractivity contribution in [1.82, 2.24) is 0 Å². The molecule has 0 N–H and O–H groups in total. The molecule has 0 aliphatic heterocycles. The minimum absolute atomic E-state index is 0.127. The number of halogens is 2. The van der Waals surface area contributed by atoms with Gasteiger partial charge in [0.15, 0.2) is 0 Å². The van der Waals surface area contributed by atoms with Gasteiger partial charge in [-0.15, -0.1) is 0 Å². The monoisotopic (exact) mass is 232 g/mol. The fourth-order valence-corrected chi connectivity index (χ4v) is 2.96. The van der Waals surface area contributed by atoms with Gasteiger partial charge < -0.3 is 0 Å². The summed E-state index contributed by atoms with van der Waals surface area (Å²) in [5.41, 5.74) is 0. The van der Waals surface area contributed by atoms with Gasteiger partial charge in [0.1, 0.15) is 0 Å². The number of hydrogen-bond acceptors (Lipinski definition) is 0. The second kappa shape index (κ2) is 6.56. The van der Waals surface area contributed by atoms with Gasteiger partial charge in [0.2, 0.25) is 5.92 Å². The van der Waals surface area contributed by atoms with Gasteiger partial charge >= 0.3 is 0 Å². The summed E-state index contributed by atoms with van der Waals surface area (Å²) in [5, 5.41) is 0. The van der Waals surface area contributed by atoms with E-state index in [4.69, 9.17) is 0 Å². The molecule has 0 amide bonds. The maximum atomic E-state index is 13.1. The highest BCUT2D eigenvalue weighted by Crippen LogP contribution is 2.41. The van der Waals surface area contributed by atoms with Crippen LogP contribution in [0.1, 0.15) is 71.6 Å². The van der Waals surface area contributed by atoms with Gasteiger partial charge in [-0.2, -0.15) is 0 Å². The van der Waals surface area contributed by atoms with Crippen molar-refractivity contribution in [3.8, 4) is 0 Å². The van der Waals surface area contributed by atoms with Gasteiger partial charge in [0.05, 0.1) is 0 Å². The highest BCUT2D eigenvalue weighted by molar-refractivity contribution is 4.81. The molecule has 0 heterocycles. The highest BCUT2D eigenvalue weighted by atomic mass is 19.3. The first-order chi connectivity index (χ1) is 7.59. The van der Waals surface area contributed by atoms with E-state index in [1.54, 1.807) is 0 Å². The fraction of sp³-hybridized carbons (Fsp3) is 1.00. The predicted molar refractivity (Wildman–Crippen MR) is 64.8 cm³/mol. The van der Waals surface area contributed by atoms with E-state index >= 15 is 0 Å². The van der Waals surface area contributed by atoms with Crippen molar-refractivity contribution >= 4 is 0 Å². The zero-order valence-corrected chi connectivity index (χ0v) is 10.8. The van der Waals surface area contributed by atoms with Crippen LogP contribution in [0.25, 0.3) is 0 Å². The minimum Gasteiger partial charge on any atom is -0.207 e. The van der Waals surface area contributed by atoms with Crippen LogP contribution in [-0.4, -0.2) is 5.92 Å². The van der Waals surface area contributed by atoms with Gasteiger partial charge in [-0.3, -0.25) is 0 Å². The van der Waals surface area contributed by atoms with Crippen molar-refractivity contribution in [2.45, 2.75) is 77.6 Å². The third-order valence-corrected chi connectivity index (χ3v) is 4.13. The molecule has 16 heavy (non-hydrogen) atoms. The van der Waals surface area contributed by atoms with Crippen LogP contribution in [0.4, 0.5) is 8.78 Å². The lowest BCUT2D eigenvalue weighted by Crippen LogP contribution is -2.28. The molecule has 0 aromatic rings. The third-order valence-electron chi connectivity index (χ3n) is 4.13. The molecule has 0 aromatic carbocycles. The van der Waals surface area contributed by atoms with Crippen molar-refractivity contribution in [2.75, 3.05) is 0 Å². The zero-order chi connectivity index (χ0) is 12.0. The molecule has 1 atom stereocenters. The molecule has 1 saturated carbocycles. The van der Waals surface area contributed by atoms with Crippen LogP contribution in [-0.2, 0) is 0 Å². The van der Waals surface area contributed by atoms with E-state index in [2.05, 4.69) is 13.8 Å². The molecule has 1 fully saturated rings. The maximum Gasteiger partial charge on any atom is 0.248 e. The van der Waals surface area contributed by atoms with Gasteiger partial charge in [-0.05, 0) is 24.7 Å². The Morgan fingerprint density at radius 2 is 1.75 bits per heavy atom. The van der Waals surface area contributed by atoms with E-state index in [0.29, 0.717) is 11.8 Å². The first-order valence-electron chi connectivity index (χ1n) is 6.97. The average molecular weight is 232 g/mol. The summed E-state index contributed by atoms with van der Waals surface area (Å²) in [5.74, 6) is -1.10. The minimum atomic E-state index is -2.36. The Morgan fingerprint density at radius 3 is 2.25 bits per heavy atom. The quantitative estimate of drug-likeness (QED) is 0.536. The van der Waals surface area contributed by atoms with E-state index in [1.807, 2.05) is 0 Å². The number of rotatable bonds is 6. The van der Waals surface area contributed by atoms with Crippen molar-refractivity contribution in [1.29, 1.82) is 0 Å². The first-order valence-corrected chi connectivity index (χ1v) is 6.97. The lowest BCUT2D eigenvalue weighted by atomic mass is 9.75. The fourth-order valence-electron chi connectivity index (χ4n) is 2.96.